The number of amides is 3. The minimum Gasteiger partial charge on any atom is -0.350 e. The molecule has 2 aromatic rings. The van der Waals surface area contributed by atoms with Crippen molar-refractivity contribution in [2.24, 2.45) is 0 Å². The monoisotopic (exact) mass is 383 g/mol. The van der Waals surface area contributed by atoms with E-state index in [-0.39, 0.29) is 18.5 Å². The van der Waals surface area contributed by atoms with Crippen LogP contribution in [0.15, 0.2) is 36.4 Å². The van der Waals surface area contributed by atoms with E-state index >= 15 is 0 Å². The number of thiophene rings is 1. The summed E-state index contributed by atoms with van der Waals surface area (Å²) in [5.74, 6) is -0.703. The van der Waals surface area contributed by atoms with E-state index in [1.165, 1.54) is 35.6 Å². The van der Waals surface area contributed by atoms with E-state index in [2.05, 4.69) is 10.6 Å². The summed E-state index contributed by atoms with van der Waals surface area (Å²) in [4.78, 5) is 26.7. The molecule has 0 aliphatic carbocycles. The quantitative estimate of drug-likeness (QED) is 0.719. The molecule has 0 spiro atoms. The van der Waals surface area contributed by atoms with Crippen molar-refractivity contribution in [2.75, 3.05) is 19.6 Å². The van der Waals surface area contributed by atoms with Crippen molar-refractivity contribution in [3.63, 3.8) is 0 Å². The van der Waals surface area contributed by atoms with Crippen LogP contribution in [0, 0.1) is 5.82 Å². The van der Waals surface area contributed by atoms with Crippen LogP contribution in [0.4, 0.5) is 9.18 Å². The molecule has 1 aromatic heterocycles. The minimum atomic E-state index is -0.393. The molecule has 0 atom stereocenters. The summed E-state index contributed by atoms with van der Waals surface area (Å²) in [6.07, 6.45) is 0. The summed E-state index contributed by atoms with van der Waals surface area (Å²) in [5, 5.41) is 5.43. The topological polar surface area (TPSA) is 61.4 Å². The van der Waals surface area contributed by atoms with E-state index in [4.69, 9.17) is 11.6 Å². The normalized spacial score (nSPS) is 10.4. The molecule has 0 radical (unpaired) electrons. The third-order valence-electron chi connectivity index (χ3n) is 3.44. The van der Waals surface area contributed by atoms with Crippen molar-refractivity contribution < 1.29 is 14.0 Å². The summed E-state index contributed by atoms with van der Waals surface area (Å²) >= 11 is 7.34. The number of carbonyl (C=O) groups excluding carboxylic acids is 2. The number of urea groups is 1. The summed E-state index contributed by atoms with van der Waals surface area (Å²) < 4.78 is 13.5. The highest BCUT2D eigenvalue weighted by atomic mass is 35.5. The molecule has 0 bridgehead atoms. The van der Waals surface area contributed by atoms with Crippen molar-refractivity contribution in [3.05, 3.63) is 57.0 Å². The van der Waals surface area contributed by atoms with Crippen LogP contribution in [0.3, 0.4) is 0 Å². The largest absolute Gasteiger partial charge is 0.350 e. The Hall–Kier alpha value is -2.12. The van der Waals surface area contributed by atoms with Gasteiger partial charge in [-0.25, -0.2) is 9.18 Å². The molecule has 0 saturated carbocycles. The molecule has 2 rings (SSSR count). The van der Waals surface area contributed by atoms with Gasteiger partial charge in [0.2, 0.25) is 0 Å². The summed E-state index contributed by atoms with van der Waals surface area (Å²) in [5.41, 5.74) is 0.373. The van der Waals surface area contributed by atoms with Gasteiger partial charge in [0.05, 0.1) is 10.9 Å². The summed E-state index contributed by atoms with van der Waals surface area (Å²) in [7, 11) is 0. The average Bonchev–Trinajstić information content (AvgIpc) is 3.01. The summed E-state index contributed by atoms with van der Waals surface area (Å²) in [6, 6.07) is 8.77. The molecule has 0 unspecified atom stereocenters. The van der Waals surface area contributed by atoms with Crippen LogP contribution in [0.25, 0.3) is 0 Å². The molecule has 1 heterocycles. The Balaban J connectivity index is 1.73. The van der Waals surface area contributed by atoms with Gasteiger partial charge in [-0.15, -0.1) is 11.3 Å². The Labute approximate surface area is 154 Å². The lowest BCUT2D eigenvalue weighted by Crippen LogP contribution is -2.42. The zero-order valence-electron chi connectivity index (χ0n) is 13.7. The van der Waals surface area contributed by atoms with Crippen LogP contribution in [0.2, 0.25) is 4.34 Å². The molecule has 5 nitrogen and oxygen atoms in total. The van der Waals surface area contributed by atoms with Crippen LogP contribution in [0.5, 0.6) is 0 Å². The zero-order valence-corrected chi connectivity index (χ0v) is 15.3. The Bertz CT molecular complexity index is 721. The standard InChI is InChI=1S/C17H19ClFN3O2S/c1-2-22(11-14-7-8-15(18)25-14)17(24)21-10-9-20-16(23)12-3-5-13(19)6-4-12/h3-8H,2,9-11H2,1H3,(H,20,23)(H,21,24). The van der Waals surface area contributed by atoms with Crippen LogP contribution in [0.1, 0.15) is 22.2 Å². The first kappa shape index (κ1) is 19.2. The fourth-order valence-electron chi connectivity index (χ4n) is 2.11. The SMILES string of the molecule is CCN(Cc1ccc(Cl)s1)C(=O)NCCNC(=O)c1ccc(F)cc1. The van der Waals surface area contributed by atoms with Gasteiger partial charge in [-0.3, -0.25) is 4.79 Å². The first-order valence-electron chi connectivity index (χ1n) is 7.80. The molecule has 0 aliphatic heterocycles. The number of rotatable bonds is 7. The van der Waals surface area contributed by atoms with Crippen molar-refractivity contribution in [1.29, 1.82) is 0 Å². The lowest BCUT2D eigenvalue weighted by Gasteiger charge is -2.20. The molecule has 3 amide bonds. The Kier molecular flexibility index (Phi) is 7.21. The van der Waals surface area contributed by atoms with Gasteiger partial charge in [-0.1, -0.05) is 11.6 Å². The van der Waals surface area contributed by atoms with E-state index in [0.29, 0.717) is 29.5 Å². The van der Waals surface area contributed by atoms with E-state index < -0.39 is 5.82 Å². The van der Waals surface area contributed by atoms with Gasteiger partial charge in [0.1, 0.15) is 5.82 Å². The maximum absolute atomic E-state index is 12.8. The summed E-state index contributed by atoms with van der Waals surface area (Å²) in [6.45, 7) is 3.52. The smallest absolute Gasteiger partial charge is 0.317 e. The number of benzene rings is 1. The number of nitrogens with zero attached hydrogens (tertiary/aromatic N) is 1. The molecule has 0 aliphatic rings. The first-order chi connectivity index (χ1) is 12.0. The van der Waals surface area contributed by atoms with Gasteiger partial charge >= 0.3 is 6.03 Å². The number of hydrogen-bond donors (Lipinski definition) is 2. The first-order valence-corrected chi connectivity index (χ1v) is 8.99. The molecular formula is C17H19ClFN3O2S. The minimum absolute atomic E-state index is 0.206. The maximum atomic E-state index is 12.8. The average molecular weight is 384 g/mol. The highest BCUT2D eigenvalue weighted by Gasteiger charge is 2.13. The molecule has 25 heavy (non-hydrogen) atoms. The molecule has 134 valence electrons. The Morgan fingerprint density at radius 2 is 1.80 bits per heavy atom. The predicted molar refractivity (Wildman–Crippen MR) is 97.5 cm³/mol. The number of carbonyl (C=O) groups is 2. The number of nitrogens with one attached hydrogen (secondary N) is 2. The second kappa shape index (κ2) is 9.39. The molecule has 8 heteroatoms. The van der Waals surface area contributed by atoms with E-state index in [9.17, 15) is 14.0 Å². The number of halogens is 2. The van der Waals surface area contributed by atoms with Crippen molar-refractivity contribution >= 4 is 34.9 Å². The van der Waals surface area contributed by atoms with Gasteiger partial charge in [-0.05, 0) is 43.3 Å². The van der Waals surface area contributed by atoms with Gasteiger partial charge in [0.15, 0.2) is 0 Å². The van der Waals surface area contributed by atoms with Gasteiger partial charge in [-0.2, -0.15) is 0 Å². The van der Waals surface area contributed by atoms with Crippen LogP contribution in [-0.4, -0.2) is 36.5 Å². The van der Waals surface area contributed by atoms with Crippen LogP contribution >= 0.6 is 22.9 Å². The van der Waals surface area contributed by atoms with Gasteiger partial charge < -0.3 is 15.5 Å². The van der Waals surface area contributed by atoms with Crippen molar-refractivity contribution in [3.8, 4) is 0 Å². The second-order valence-corrected chi connectivity index (χ2v) is 7.01. The third-order valence-corrected chi connectivity index (χ3v) is 4.65. The van der Waals surface area contributed by atoms with Crippen molar-refractivity contribution in [2.45, 2.75) is 13.5 Å². The Morgan fingerprint density at radius 3 is 2.40 bits per heavy atom. The fraction of sp³-hybridized carbons (Fsp3) is 0.294. The molecule has 0 fully saturated rings. The van der Waals surface area contributed by atoms with Crippen LogP contribution < -0.4 is 10.6 Å². The third kappa shape index (κ3) is 6.03. The second-order valence-electron chi connectivity index (χ2n) is 5.21. The van der Waals surface area contributed by atoms with Crippen LogP contribution in [-0.2, 0) is 6.54 Å². The van der Waals surface area contributed by atoms with Gasteiger partial charge in [0.25, 0.3) is 5.91 Å². The van der Waals surface area contributed by atoms with E-state index in [1.54, 1.807) is 11.0 Å². The van der Waals surface area contributed by atoms with E-state index in [0.717, 1.165) is 4.88 Å². The number of hydrogen-bond acceptors (Lipinski definition) is 3. The molecule has 0 saturated heterocycles. The lowest BCUT2D eigenvalue weighted by molar-refractivity contribution is 0.0953. The maximum Gasteiger partial charge on any atom is 0.317 e. The molecular weight excluding hydrogens is 365 g/mol. The van der Waals surface area contributed by atoms with E-state index in [1.807, 2.05) is 13.0 Å². The fourth-order valence-corrected chi connectivity index (χ4v) is 3.22. The predicted octanol–water partition coefficient (Wildman–Crippen LogP) is 3.50. The van der Waals surface area contributed by atoms with Gasteiger partial charge in [0, 0.05) is 30.1 Å². The highest BCUT2D eigenvalue weighted by molar-refractivity contribution is 7.16. The molecule has 1 aromatic carbocycles. The molecule has 2 N–H and O–H groups in total. The Morgan fingerprint density at radius 1 is 1.12 bits per heavy atom. The lowest BCUT2D eigenvalue weighted by atomic mass is 10.2. The highest BCUT2D eigenvalue weighted by Crippen LogP contribution is 2.22. The zero-order chi connectivity index (χ0) is 18.2. The van der Waals surface area contributed by atoms with Crippen molar-refractivity contribution in [1.82, 2.24) is 15.5 Å².